The van der Waals surface area contributed by atoms with Gasteiger partial charge in [0.15, 0.2) is 0 Å². The van der Waals surface area contributed by atoms with Gasteiger partial charge in [0.1, 0.15) is 0 Å². The van der Waals surface area contributed by atoms with Crippen molar-refractivity contribution in [3.05, 3.63) is 137 Å². The molecule has 0 radical (unpaired) electrons. The maximum atomic E-state index is 4.47. The van der Waals surface area contributed by atoms with Gasteiger partial charge in [-0.25, -0.2) is 0 Å². The van der Waals surface area contributed by atoms with Gasteiger partial charge >= 0.3 is 0 Å². The molecule has 2 heteroatoms. The van der Waals surface area contributed by atoms with Crippen LogP contribution in [0.15, 0.2) is 120 Å². The number of fused-ring (bicyclic) bond motifs is 3. The Morgan fingerprint density at radius 2 is 1.38 bits per heavy atom. The largest absolute Gasteiger partial charge is 0.370 e. The van der Waals surface area contributed by atoms with Gasteiger partial charge in [-0.05, 0) is 91.7 Å². The lowest BCUT2D eigenvalue weighted by Crippen LogP contribution is -2.25. The van der Waals surface area contributed by atoms with Gasteiger partial charge in [0, 0.05) is 18.8 Å². The third-order valence-electron chi connectivity index (χ3n) is 8.67. The SMILES string of the molecule is CC1=CN=C1c1ccc(-c2c3ccccc3c(-c3ccc(C4C=CN4C)c4c3CC=C4)c3ccccc23)cc1. The summed E-state index contributed by atoms with van der Waals surface area (Å²) < 4.78 is 0. The van der Waals surface area contributed by atoms with E-state index in [1.807, 2.05) is 6.20 Å². The van der Waals surface area contributed by atoms with Crippen molar-refractivity contribution in [1.82, 2.24) is 4.90 Å². The van der Waals surface area contributed by atoms with Crippen LogP contribution >= 0.6 is 0 Å². The molecule has 8 rings (SSSR count). The van der Waals surface area contributed by atoms with Crippen molar-refractivity contribution in [2.45, 2.75) is 19.4 Å². The summed E-state index contributed by atoms with van der Waals surface area (Å²) in [6.07, 6.45) is 12.0. The number of aliphatic imine (C=N–C) groups is 1. The lowest BCUT2D eigenvalue weighted by Gasteiger charge is -2.33. The molecule has 0 fully saturated rings. The average Bonchev–Trinajstić information content (AvgIpc) is 3.46. The van der Waals surface area contributed by atoms with Gasteiger partial charge in [-0.1, -0.05) is 97.1 Å². The lowest BCUT2D eigenvalue weighted by molar-refractivity contribution is 0.342. The Hall–Kier alpha value is -4.69. The minimum atomic E-state index is 0.361. The number of likely N-dealkylation sites (N-methyl/N-ethyl adjacent to an activating group) is 1. The minimum absolute atomic E-state index is 0.361. The highest BCUT2D eigenvalue weighted by Gasteiger charge is 2.26. The predicted molar refractivity (Wildman–Crippen MR) is 165 cm³/mol. The van der Waals surface area contributed by atoms with Crippen LogP contribution in [0.25, 0.3) is 49.9 Å². The van der Waals surface area contributed by atoms with E-state index in [0.29, 0.717) is 6.04 Å². The van der Waals surface area contributed by atoms with Gasteiger partial charge in [0.25, 0.3) is 0 Å². The summed E-state index contributed by atoms with van der Waals surface area (Å²) >= 11 is 0. The van der Waals surface area contributed by atoms with Crippen LogP contribution in [0.5, 0.6) is 0 Å². The Kier molecular flexibility index (Phi) is 4.81. The first kappa shape index (κ1) is 22.3. The molecule has 0 aromatic heterocycles. The summed E-state index contributed by atoms with van der Waals surface area (Å²) in [5, 5.41) is 5.20. The van der Waals surface area contributed by atoms with Crippen LogP contribution in [-0.2, 0) is 6.42 Å². The third-order valence-corrected chi connectivity index (χ3v) is 8.67. The molecule has 5 aromatic carbocycles. The van der Waals surface area contributed by atoms with E-state index in [-0.39, 0.29) is 0 Å². The van der Waals surface area contributed by atoms with Crippen LogP contribution in [0.2, 0.25) is 0 Å². The molecule has 0 N–H and O–H groups in total. The van der Waals surface area contributed by atoms with Crippen LogP contribution < -0.4 is 0 Å². The fourth-order valence-corrected chi connectivity index (χ4v) is 6.64. The molecule has 1 atom stereocenters. The number of hydrogen-bond donors (Lipinski definition) is 0. The Balaban J connectivity index is 1.37. The molecule has 2 heterocycles. The van der Waals surface area contributed by atoms with E-state index in [4.69, 9.17) is 0 Å². The zero-order valence-corrected chi connectivity index (χ0v) is 22.1. The van der Waals surface area contributed by atoms with Crippen LogP contribution in [0.3, 0.4) is 0 Å². The number of hydrogen-bond acceptors (Lipinski definition) is 2. The van der Waals surface area contributed by atoms with Crippen LogP contribution in [-0.4, -0.2) is 17.7 Å². The van der Waals surface area contributed by atoms with Crippen molar-refractivity contribution in [1.29, 1.82) is 0 Å². The van der Waals surface area contributed by atoms with Gasteiger partial charge in [-0.15, -0.1) is 0 Å². The van der Waals surface area contributed by atoms with Crippen molar-refractivity contribution < 1.29 is 0 Å². The highest BCUT2D eigenvalue weighted by Crippen LogP contribution is 2.47. The maximum absolute atomic E-state index is 4.47. The maximum Gasteiger partial charge on any atom is 0.0746 e. The smallest absolute Gasteiger partial charge is 0.0746 e. The molecule has 0 spiro atoms. The number of rotatable bonds is 4. The molecule has 0 amide bonds. The van der Waals surface area contributed by atoms with Gasteiger partial charge in [0.2, 0.25) is 0 Å². The summed E-state index contributed by atoms with van der Waals surface area (Å²) in [6.45, 7) is 2.12. The predicted octanol–water partition coefficient (Wildman–Crippen LogP) is 9.10. The topological polar surface area (TPSA) is 15.6 Å². The molecule has 0 saturated heterocycles. The quantitative estimate of drug-likeness (QED) is 0.225. The average molecular weight is 501 g/mol. The molecular weight excluding hydrogens is 472 g/mol. The molecular formula is C37H28N2. The molecule has 0 saturated carbocycles. The molecule has 0 bridgehead atoms. The number of benzene rings is 5. The zero-order chi connectivity index (χ0) is 26.1. The van der Waals surface area contributed by atoms with Gasteiger partial charge in [-0.2, -0.15) is 0 Å². The van der Waals surface area contributed by atoms with E-state index in [2.05, 4.69) is 133 Å². The first-order valence-corrected chi connectivity index (χ1v) is 13.7. The molecule has 2 aliphatic heterocycles. The summed E-state index contributed by atoms with van der Waals surface area (Å²) in [7, 11) is 2.16. The van der Waals surface area contributed by atoms with E-state index in [1.165, 1.54) is 71.6 Å². The Labute approximate surface area is 228 Å². The van der Waals surface area contributed by atoms with Crippen molar-refractivity contribution in [3.63, 3.8) is 0 Å². The van der Waals surface area contributed by atoms with Crippen molar-refractivity contribution >= 4 is 33.3 Å². The second-order valence-corrected chi connectivity index (χ2v) is 10.9. The van der Waals surface area contributed by atoms with Crippen molar-refractivity contribution in [3.8, 4) is 22.3 Å². The first-order valence-electron chi connectivity index (χ1n) is 13.7. The van der Waals surface area contributed by atoms with Crippen LogP contribution in [0.1, 0.15) is 35.2 Å². The molecule has 186 valence electrons. The van der Waals surface area contributed by atoms with E-state index < -0.39 is 0 Å². The summed E-state index contributed by atoms with van der Waals surface area (Å²) in [5.74, 6) is 0. The van der Waals surface area contributed by atoms with E-state index in [1.54, 1.807) is 0 Å². The fraction of sp³-hybridized carbons (Fsp3) is 0.108. The van der Waals surface area contributed by atoms with Gasteiger partial charge < -0.3 is 4.90 Å². The monoisotopic (exact) mass is 500 g/mol. The lowest BCUT2D eigenvalue weighted by atomic mass is 9.82. The van der Waals surface area contributed by atoms with Gasteiger partial charge in [-0.3, -0.25) is 4.99 Å². The molecule has 5 aromatic rings. The second-order valence-electron chi connectivity index (χ2n) is 10.9. The van der Waals surface area contributed by atoms with Crippen LogP contribution in [0, 0.1) is 0 Å². The fourth-order valence-electron chi connectivity index (χ4n) is 6.64. The normalized spacial score (nSPS) is 17.2. The number of nitrogens with zero attached hydrogens (tertiary/aromatic N) is 2. The zero-order valence-electron chi connectivity index (χ0n) is 22.1. The molecule has 1 unspecified atom stereocenters. The van der Waals surface area contributed by atoms with E-state index >= 15 is 0 Å². The molecule has 39 heavy (non-hydrogen) atoms. The third kappa shape index (κ3) is 3.25. The molecule has 2 nitrogen and oxygen atoms in total. The summed E-state index contributed by atoms with van der Waals surface area (Å²) in [4.78, 5) is 6.76. The summed E-state index contributed by atoms with van der Waals surface area (Å²) in [5.41, 5.74) is 13.0. The highest BCUT2D eigenvalue weighted by molar-refractivity contribution is 6.22. The van der Waals surface area contributed by atoms with Crippen LogP contribution in [0.4, 0.5) is 0 Å². The van der Waals surface area contributed by atoms with Crippen molar-refractivity contribution in [2.24, 2.45) is 4.99 Å². The van der Waals surface area contributed by atoms with E-state index in [9.17, 15) is 0 Å². The van der Waals surface area contributed by atoms with Crippen molar-refractivity contribution in [2.75, 3.05) is 7.05 Å². The summed E-state index contributed by atoms with van der Waals surface area (Å²) in [6, 6.07) is 31.9. The standard InChI is InChI=1S/C37H28N2/c1-23-22-38-37(23)25-16-14-24(15-17-25)35-29-8-3-5-10-31(29)36(32-11-6-4-9-30(32)35)33-19-18-28(34-20-21-39(34)2)26-12-7-13-27(26)33/h3-12,14-22,34H,13H2,1-2H3. The highest BCUT2D eigenvalue weighted by atomic mass is 15.1. The first-order chi connectivity index (χ1) is 19.2. The van der Waals surface area contributed by atoms with Gasteiger partial charge in [0.05, 0.1) is 11.8 Å². The Bertz CT molecular complexity index is 1890. The second kappa shape index (κ2) is 8.41. The molecule has 1 aliphatic carbocycles. The Morgan fingerprint density at radius 3 is 1.92 bits per heavy atom. The number of allylic oxidation sites excluding steroid dienone is 2. The molecule has 3 aliphatic rings. The minimum Gasteiger partial charge on any atom is -0.370 e. The Morgan fingerprint density at radius 1 is 0.744 bits per heavy atom. The van der Waals surface area contributed by atoms with E-state index in [0.717, 1.165) is 12.1 Å².